The highest BCUT2D eigenvalue weighted by Gasteiger charge is 2.53. The summed E-state index contributed by atoms with van der Waals surface area (Å²) in [5, 5.41) is 12.9. The van der Waals surface area contributed by atoms with Crippen LogP contribution in [0.4, 0.5) is 8.78 Å². The third kappa shape index (κ3) is 3.02. The Morgan fingerprint density at radius 1 is 1.29 bits per heavy atom. The molecule has 2 atom stereocenters. The lowest BCUT2D eigenvalue weighted by atomic mass is 9.79. The van der Waals surface area contributed by atoms with Gasteiger partial charge in [-0.2, -0.15) is 0 Å². The Labute approximate surface area is 176 Å². The molecular formula is C22H21F2N3O4. The second-order valence-electron chi connectivity index (χ2n) is 8.72. The molecule has 1 unspecified atom stereocenters. The Kier molecular flexibility index (Phi) is 4.39. The molecule has 162 valence electrons. The number of aromatic hydroxyl groups is 1. The van der Waals surface area contributed by atoms with Gasteiger partial charge in [0.25, 0.3) is 11.8 Å². The molecule has 1 aliphatic carbocycles. The van der Waals surface area contributed by atoms with Gasteiger partial charge in [0.2, 0.25) is 5.43 Å². The fourth-order valence-corrected chi connectivity index (χ4v) is 5.38. The fraction of sp³-hybridized carbons (Fsp3) is 0.409. The zero-order valence-corrected chi connectivity index (χ0v) is 16.7. The Morgan fingerprint density at radius 2 is 2.10 bits per heavy atom. The first-order valence-electron chi connectivity index (χ1n) is 10.3. The molecule has 7 nitrogen and oxygen atoms in total. The summed E-state index contributed by atoms with van der Waals surface area (Å²) in [6.45, 7) is 0.772. The van der Waals surface area contributed by atoms with Gasteiger partial charge in [-0.05, 0) is 31.2 Å². The van der Waals surface area contributed by atoms with Gasteiger partial charge in [0.05, 0.1) is 5.54 Å². The van der Waals surface area contributed by atoms with E-state index in [4.69, 9.17) is 0 Å². The van der Waals surface area contributed by atoms with E-state index < -0.39 is 28.7 Å². The fourth-order valence-electron chi connectivity index (χ4n) is 5.38. The minimum Gasteiger partial charge on any atom is -0.503 e. The van der Waals surface area contributed by atoms with E-state index in [1.165, 1.54) is 16.8 Å². The molecule has 2 aliphatic heterocycles. The minimum absolute atomic E-state index is 0.0564. The van der Waals surface area contributed by atoms with E-state index in [0.29, 0.717) is 25.1 Å². The molecule has 3 heterocycles. The highest BCUT2D eigenvalue weighted by Crippen LogP contribution is 2.48. The standard InChI is InChI=1S/C22H21F2N3O4/c23-14-4-3-13(16(24)6-14)8-25-20(30)15-10-26-11-22-5-1-2-12(7-22)9-27(22)21(31)17(26)19(29)18(15)28/h3-4,6,10,12,29H,1-2,5,7-9,11H2,(H,25,30)/t12?,22-/m0/s1. The van der Waals surface area contributed by atoms with Gasteiger partial charge in [-0.15, -0.1) is 0 Å². The number of nitrogens with one attached hydrogen (secondary N) is 1. The second-order valence-corrected chi connectivity index (χ2v) is 8.72. The number of halogens is 2. The monoisotopic (exact) mass is 429 g/mol. The smallest absolute Gasteiger partial charge is 0.275 e. The number of pyridine rings is 1. The number of carbonyl (C=O) groups is 2. The molecule has 1 aromatic carbocycles. The van der Waals surface area contributed by atoms with E-state index in [1.807, 2.05) is 0 Å². The Hall–Kier alpha value is -3.23. The summed E-state index contributed by atoms with van der Waals surface area (Å²) < 4.78 is 28.4. The van der Waals surface area contributed by atoms with Crippen LogP contribution in [-0.2, 0) is 13.1 Å². The predicted octanol–water partition coefficient (Wildman–Crippen LogP) is 2.16. The number of carbonyl (C=O) groups excluding carboxylic acids is 2. The van der Waals surface area contributed by atoms with Crippen LogP contribution >= 0.6 is 0 Å². The lowest BCUT2D eigenvalue weighted by Crippen LogP contribution is -2.55. The molecule has 1 saturated heterocycles. The summed E-state index contributed by atoms with van der Waals surface area (Å²) >= 11 is 0. The van der Waals surface area contributed by atoms with E-state index in [2.05, 4.69) is 5.32 Å². The third-order valence-electron chi connectivity index (χ3n) is 6.80. The van der Waals surface area contributed by atoms with Gasteiger partial charge in [0, 0.05) is 37.5 Å². The molecule has 0 radical (unpaired) electrons. The van der Waals surface area contributed by atoms with Gasteiger partial charge < -0.3 is 19.9 Å². The Bertz CT molecular complexity index is 1180. The van der Waals surface area contributed by atoms with Gasteiger partial charge in [0.15, 0.2) is 11.4 Å². The number of hydrogen-bond donors (Lipinski definition) is 2. The van der Waals surface area contributed by atoms with Gasteiger partial charge in [-0.25, -0.2) is 8.78 Å². The highest BCUT2D eigenvalue weighted by atomic mass is 19.1. The lowest BCUT2D eigenvalue weighted by molar-refractivity contribution is 0.0419. The van der Waals surface area contributed by atoms with Crippen LogP contribution in [0.3, 0.4) is 0 Å². The second kappa shape index (κ2) is 6.90. The molecule has 2 bridgehead atoms. The Balaban J connectivity index is 1.46. The summed E-state index contributed by atoms with van der Waals surface area (Å²) in [5.74, 6) is -3.08. The molecular weight excluding hydrogens is 408 g/mol. The average Bonchev–Trinajstić information content (AvgIpc) is 2.99. The Morgan fingerprint density at radius 3 is 2.87 bits per heavy atom. The van der Waals surface area contributed by atoms with Gasteiger partial charge in [-0.1, -0.05) is 12.5 Å². The van der Waals surface area contributed by atoms with Gasteiger partial charge in [0.1, 0.15) is 17.2 Å². The molecule has 1 aromatic heterocycles. The summed E-state index contributed by atoms with van der Waals surface area (Å²) in [6.07, 6.45) is 5.08. The molecule has 1 saturated carbocycles. The third-order valence-corrected chi connectivity index (χ3v) is 6.80. The quantitative estimate of drug-likeness (QED) is 0.782. The van der Waals surface area contributed by atoms with Crippen LogP contribution in [0.5, 0.6) is 5.75 Å². The number of fused-ring (bicyclic) bond motifs is 2. The van der Waals surface area contributed by atoms with Crippen LogP contribution in [0.2, 0.25) is 0 Å². The van der Waals surface area contributed by atoms with Crippen LogP contribution in [0, 0.1) is 17.6 Å². The van der Waals surface area contributed by atoms with Crippen molar-refractivity contribution >= 4 is 11.8 Å². The number of nitrogens with zero attached hydrogens (tertiary/aromatic N) is 2. The van der Waals surface area contributed by atoms with Crippen LogP contribution in [-0.4, -0.2) is 38.5 Å². The number of benzene rings is 1. The number of hydrogen-bond acceptors (Lipinski definition) is 4. The van der Waals surface area contributed by atoms with Crippen molar-refractivity contribution in [1.29, 1.82) is 0 Å². The largest absolute Gasteiger partial charge is 0.503 e. The van der Waals surface area contributed by atoms with Crippen LogP contribution < -0.4 is 10.7 Å². The van der Waals surface area contributed by atoms with Crippen molar-refractivity contribution in [2.75, 3.05) is 6.54 Å². The van der Waals surface area contributed by atoms with Crippen molar-refractivity contribution < 1.29 is 23.5 Å². The first-order valence-corrected chi connectivity index (χ1v) is 10.3. The summed E-state index contributed by atoms with van der Waals surface area (Å²) in [7, 11) is 0. The van der Waals surface area contributed by atoms with Crippen LogP contribution in [0.25, 0.3) is 0 Å². The first kappa shape index (κ1) is 19.7. The van der Waals surface area contributed by atoms with Crippen molar-refractivity contribution in [3.63, 3.8) is 0 Å². The van der Waals surface area contributed by atoms with Gasteiger partial charge in [-0.3, -0.25) is 14.4 Å². The predicted molar refractivity (Wildman–Crippen MR) is 106 cm³/mol. The van der Waals surface area contributed by atoms with Gasteiger partial charge >= 0.3 is 0 Å². The normalized spacial score (nSPS) is 24.0. The molecule has 5 rings (SSSR count). The van der Waals surface area contributed by atoms with Crippen molar-refractivity contribution in [3.8, 4) is 5.75 Å². The summed E-state index contributed by atoms with van der Waals surface area (Å²) in [4.78, 5) is 40.2. The maximum absolute atomic E-state index is 13.8. The van der Waals surface area contributed by atoms with Crippen molar-refractivity contribution in [2.24, 2.45) is 5.92 Å². The van der Waals surface area contributed by atoms with E-state index in [0.717, 1.165) is 31.7 Å². The molecule has 9 heteroatoms. The van der Waals surface area contributed by atoms with Crippen LogP contribution in [0.1, 0.15) is 52.1 Å². The number of amides is 2. The summed E-state index contributed by atoms with van der Waals surface area (Å²) in [5.41, 5.74) is -1.66. The van der Waals surface area contributed by atoms with Crippen molar-refractivity contribution in [3.05, 3.63) is 63.1 Å². The average molecular weight is 429 g/mol. The SMILES string of the molecule is O=C(NCc1ccc(F)cc1F)c1cn2c(c(O)c1=O)C(=O)N1CC3CCC[C@]1(C3)C2. The topological polar surface area (TPSA) is 91.6 Å². The van der Waals surface area contributed by atoms with Crippen molar-refractivity contribution in [2.45, 2.75) is 44.3 Å². The summed E-state index contributed by atoms with van der Waals surface area (Å²) in [6, 6.07) is 2.98. The first-order chi connectivity index (χ1) is 14.8. The van der Waals surface area contributed by atoms with E-state index in [1.54, 1.807) is 4.90 Å². The van der Waals surface area contributed by atoms with E-state index in [-0.39, 0.29) is 34.8 Å². The number of rotatable bonds is 3. The number of aromatic nitrogens is 1. The zero-order valence-electron chi connectivity index (χ0n) is 16.7. The molecule has 2 N–H and O–H groups in total. The molecule has 2 aromatic rings. The zero-order chi connectivity index (χ0) is 21.9. The molecule has 1 spiro atoms. The molecule has 31 heavy (non-hydrogen) atoms. The maximum atomic E-state index is 13.8. The molecule has 3 aliphatic rings. The van der Waals surface area contributed by atoms with Crippen LogP contribution in [0.15, 0.2) is 29.2 Å². The van der Waals surface area contributed by atoms with E-state index >= 15 is 0 Å². The van der Waals surface area contributed by atoms with Crippen molar-refractivity contribution in [1.82, 2.24) is 14.8 Å². The highest BCUT2D eigenvalue weighted by molar-refractivity contribution is 5.99. The maximum Gasteiger partial charge on any atom is 0.275 e. The lowest BCUT2D eigenvalue weighted by Gasteiger charge is -2.44. The molecule has 2 fully saturated rings. The van der Waals surface area contributed by atoms with E-state index in [9.17, 15) is 28.3 Å². The molecule has 2 amide bonds. The minimum atomic E-state index is -0.949.